The van der Waals surface area contributed by atoms with Gasteiger partial charge in [-0.05, 0) is 19.9 Å². The van der Waals surface area contributed by atoms with Gasteiger partial charge in [-0.25, -0.2) is 4.39 Å². The molecular formula is C13H17FN2O. The van der Waals surface area contributed by atoms with Crippen LogP contribution < -0.4 is 5.32 Å². The van der Waals surface area contributed by atoms with E-state index in [9.17, 15) is 4.39 Å². The number of benzene rings is 1. The number of hydrogen-bond acceptors (Lipinski definition) is 3. The predicted molar refractivity (Wildman–Crippen MR) is 63.9 cm³/mol. The Bertz CT molecular complexity index is 401. The summed E-state index contributed by atoms with van der Waals surface area (Å²) in [6.45, 7) is 5.62. The highest BCUT2D eigenvalue weighted by molar-refractivity contribution is 5.34. The molecule has 0 bridgehead atoms. The first-order valence-corrected chi connectivity index (χ1v) is 5.68. The molecule has 0 radical (unpaired) electrons. The van der Waals surface area contributed by atoms with Crippen LogP contribution in [0.2, 0.25) is 0 Å². The molecule has 0 aliphatic rings. The van der Waals surface area contributed by atoms with Gasteiger partial charge in [-0.1, -0.05) is 12.1 Å². The first-order chi connectivity index (χ1) is 8.19. The molecule has 1 aromatic rings. The quantitative estimate of drug-likeness (QED) is 0.823. The molecule has 92 valence electrons. The summed E-state index contributed by atoms with van der Waals surface area (Å²) >= 11 is 0. The van der Waals surface area contributed by atoms with E-state index in [-0.39, 0.29) is 11.7 Å². The van der Waals surface area contributed by atoms with Gasteiger partial charge in [0.2, 0.25) is 0 Å². The van der Waals surface area contributed by atoms with Gasteiger partial charge >= 0.3 is 0 Å². The van der Waals surface area contributed by atoms with E-state index in [1.54, 1.807) is 12.1 Å². The monoisotopic (exact) mass is 236 g/mol. The Morgan fingerprint density at radius 1 is 1.53 bits per heavy atom. The van der Waals surface area contributed by atoms with Crippen molar-refractivity contribution in [3.8, 4) is 6.07 Å². The lowest BCUT2D eigenvalue weighted by atomic mass is 10.1. The molecule has 1 rings (SSSR count). The van der Waals surface area contributed by atoms with Crippen molar-refractivity contribution in [2.24, 2.45) is 0 Å². The summed E-state index contributed by atoms with van der Waals surface area (Å²) in [5.74, 6) is -0.438. The van der Waals surface area contributed by atoms with Gasteiger partial charge < -0.3 is 10.1 Å². The standard InChI is InChI=1S/C13H17FN2O/c1-3-17-10(2)8-16-9-12-6-4-5-11(7-15)13(12)14/h4-6,10,16H,3,8-9H2,1-2H3. The summed E-state index contributed by atoms with van der Waals surface area (Å²) in [6.07, 6.45) is 0.0993. The average molecular weight is 236 g/mol. The molecular weight excluding hydrogens is 219 g/mol. The third-order valence-electron chi connectivity index (χ3n) is 2.40. The van der Waals surface area contributed by atoms with E-state index in [1.807, 2.05) is 19.9 Å². The Hall–Kier alpha value is -1.44. The topological polar surface area (TPSA) is 45.0 Å². The maximum atomic E-state index is 13.7. The lowest BCUT2D eigenvalue weighted by Gasteiger charge is -2.12. The Kier molecular flexibility index (Phi) is 5.61. The first-order valence-electron chi connectivity index (χ1n) is 5.68. The van der Waals surface area contributed by atoms with Gasteiger partial charge in [-0.3, -0.25) is 0 Å². The van der Waals surface area contributed by atoms with Crippen molar-refractivity contribution in [1.82, 2.24) is 5.32 Å². The second kappa shape index (κ2) is 7.00. The minimum Gasteiger partial charge on any atom is -0.377 e. The fraction of sp³-hybridized carbons (Fsp3) is 0.462. The van der Waals surface area contributed by atoms with Crippen LogP contribution in [0.25, 0.3) is 0 Å². The largest absolute Gasteiger partial charge is 0.377 e. The number of nitriles is 1. The maximum Gasteiger partial charge on any atom is 0.145 e. The number of halogens is 1. The van der Waals surface area contributed by atoms with Gasteiger partial charge in [-0.15, -0.1) is 0 Å². The zero-order valence-corrected chi connectivity index (χ0v) is 10.2. The summed E-state index contributed by atoms with van der Waals surface area (Å²) in [7, 11) is 0. The van der Waals surface area contributed by atoms with E-state index in [0.29, 0.717) is 25.3 Å². The van der Waals surface area contributed by atoms with E-state index in [0.717, 1.165) is 0 Å². The molecule has 1 atom stereocenters. The first kappa shape index (κ1) is 13.6. The summed E-state index contributed by atoms with van der Waals surface area (Å²) in [5.41, 5.74) is 0.593. The Morgan fingerprint density at radius 3 is 2.94 bits per heavy atom. The number of rotatable bonds is 6. The number of ether oxygens (including phenoxy) is 1. The summed E-state index contributed by atoms with van der Waals surface area (Å²) in [5, 5.41) is 11.8. The second-order valence-electron chi connectivity index (χ2n) is 3.79. The second-order valence-corrected chi connectivity index (χ2v) is 3.79. The molecule has 0 amide bonds. The highest BCUT2D eigenvalue weighted by atomic mass is 19.1. The Balaban J connectivity index is 2.50. The molecule has 0 saturated heterocycles. The molecule has 0 heterocycles. The lowest BCUT2D eigenvalue weighted by molar-refractivity contribution is 0.0759. The normalized spacial score (nSPS) is 12.1. The summed E-state index contributed by atoms with van der Waals surface area (Å²) in [4.78, 5) is 0. The van der Waals surface area contributed by atoms with E-state index < -0.39 is 5.82 Å². The van der Waals surface area contributed by atoms with Crippen molar-refractivity contribution in [3.05, 3.63) is 35.1 Å². The van der Waals surface area contributed by atoms with E-state index in [4.69, 9.17) is 10.00 Å². The molecule has 3 nitrogen and oxygen atoms in total. The van der Waals surface area contributed by atoms with Crippen molar-refractivity contribution in [2.45, 2.75) is 26.5 Å². The van der Waals surface area contributed by atoms with Gasteiger partial charge in [0.15, 0.2) is 0 Å². The zero-order valence-electron chi connectivity index (χ0n) is 10.2. The highest BCUT2D eigenvalue weighted by Gasteiger charge is 2.07. The molecule has 4 heteroatoms. The van der Waals surface area contributed by atoms with Crippen molar-refractivity contribution in [1.29, 1.82) is 5.26 Å². The van der Waals surface area contributed by atoms with Gasteiger partial charge in [0, 0.05) is 25.3 Å². The van der Waals surface area contributed by atoms with Crippen LogP contribution in [0.15, 0.2) is 18.2 Å². The minimum absolute atomic E-state index is 0.0853. The minimum atomic E-state index is -0.438. The van der Waals surface area contributed by atoms with E-state index in [2.05, 4.69) is 5.32 Å². The molecule has 1 aromatic carbocycles. The van der Waals surface area contributed by atoms with Crippen LogP contribution in [0, 0.1) is 17.1 Å². The SMILES string of the molecule is CCOC(C)CNCc1cccc(C#N)c1F. The molecule has 1 N–H and O–H groups in total. The number of nitrogens with one attached hydrogen (secondary N) is 1. The third kappa shape index (κ3) is 4.14. The van der Waals surface area contributed by atoms with Crippen LogP contribution in [0.3, 0.4) is 0 Å². The molecule has 1 unspecified atom stereocenters. The summed E-state index contributed by atoms with van der Waals surface area (Å²) < 4.78 is 19.0. The van der Waals surface area contributed by atoms with E-state index >= 15 is 0 Å². The molecule has 0 aliphatic carbocycles. The van der Waals surface area contributed by atoms with Crippen molar-refractivity contribution in [3.63, 3.8) is 0 Å². The van der Waals surface area contributed by atoms with Crippen molar-refractivity contribution >= 4 is 0 Å². The summed E-state index contributed by atoms with van der Waals surface area (Å²) in [6, 6.07) is 6.66. The van der Waals surface area contributed by atoms with Crippen LogP contribution in [0.4, 0.5) is 4.39 Å². The molecule has 0 spiro atoms. The maximum absolute atomic E-state index is 13.7. The van der Waals surface area contributed by atoms with Crippen LogP contribution in [0.1, 0.15) is 25.0 Å². The zero-order chi connectivity index (χ0) is 12.7. The van der Waals surface area contributed by atoms with Crippen LogP contribution in [-0.4, -0.2) is 19.3 Å². The van der Waals surface area contributed by atoms with Gasteiger partial charge in [0.25, 0.3) is 0 Å². The van der Waals surface area contributed by atoms with Gasteiger partial charge in [-0.2, -0.15) is 5.26 Å². The van der Waals surface area contributed by atoms with E-state index in [1.165, 1.54) is 6.07 Å². The number of nitrogens with zero attached hydrogens (tertiary/aromatic N) is 1. The fourth-order valence-corrected chi connectivity index (χ4v) is 1.56. The predicted octanol–water partition coefficient (Wildman–Crippen LogP) is 2.21. The average Bonchev–Trinajstić information content (AvgIpc) is 2.32. The Labute approximate surface area is 101 Å². The Morgan fingerprint density at radius 2 is 2.29 bits per heavy atom. The molecule has 0 aliphatic heterocycles. The fourth-order valence-electron chi connectivity index (χ4n) is 1.56. The lowest BCUT2D eigenvalue weighted by Crippen LogP contribution is -2.26. The molecule has 0 fully saturated rings. The van der Waals surface area contributed by atoms with Crippen LogP contribution in [0.5, 0.6) is 0 Å². The van der Waals surface area contributed by atoms with Gasteiger partial charge in [0.1, 0.15) is 11.9 Å². The highest BCUT2D eigenvalue weighted by Crippen LogP contribution is 2.11. The van der Waals surface area contributed by atoms with Gasteiger partial charge in [0.05, 0.1) is 11.7 Å². The number of hydrogen-bond donors (Lipinski definition) is 1. The van der Waals surface area contributed by atoms with Crippen molar-refractivity contribution in [2.75, 3.05) is 13.2 Å². The molecule has 0 saturated carbocycles. The third-order valence-corrected chi connectivity index (χ3v) is 2.40. The van der Waals surface area contributed by atoms with Crippen LogP contribution in [-0.2, 0) is 11.3 Å². The van der Waals surface area contributed by atoms with Crippen LogP contribution >= 0.6 is 0 Å². The molecule has 17 heavy (non-hydrogen) atoms. The molecule has 0 aromatic heterocycles. The smallest absolute Gasteiger partial charge is 0.145 e. The van der Waals surface area contributed by atoms with Crippen molar-refractivity contribution < 1.29 is 9.13 Å².